The summed E-state index contributed by atoms with van der Waals surface area (Å²) in [4.78, 5) is 15.2. The van der Waals surface area contributed by atoms with Crippen molar-refractivity contribution in [3.63, 3.8) is 0 Å². The molecule has 0 saturated carbocycles. The van der Waals surface area contributed by atoms with Crippen molar-refractivity contribution in [1.29, 1.82) is 0 Å². The zero-order valence-corrected chi connectivity index (χ0v) is 10.9. The molecule has 0 radical (unpaired) electrons. The lowest BCUT2D eigenvalue weighted by molar-refractivity contribution is -0.274. The minimum Gasteiger partial charge on any atom is -0.464 e. The molecule has 0 aliphatic heterocycles. The number of benzene rings is 1. The standard InChI is InChI=1S/C12H8F3NO3S/c1-18-11(17)8-6-20-10(16-8)7-4-2-3-5-9(7)19-12(13,14)15/h2-6H,1H3. The minimum atomic E-state index is -4.79. The van der Waals surface area contributed by atoms with Crippen molar-refractivity contribution in [3.05, 3.63) is 35.3 Å². The van der Waals surface area contributed by atoms with E-state index in [0.29, 0.717) is 0 Å². The summed E-state index contributed by atoms with van der Waals surface area (Å²) in [6.45, 7) is 0. The Morgan fingerprint density at radius 2 is 2.00 bits per heavy atom. The molecule has 20 heavy (non-hydrogen) atoms. The van der Waals surface area contributed by atoms with Gasteiger partial charge >= 0.3 is 12.3 Å². The maximum atomic E-state index is 12.3. The van der Waals surface area contributed by atoms with E-state index in [0.717, 1.165) is 11.3 Å². The van der Waals surface area contributed by atoms with Gasteiger partial charge in [0.2, 0.25) is 0 Å². The summed E-state index contributed by atoms with van der Waals surface area (Å²) in [7, 11) is 1.20. The van der Waals surface area contributed by atoms with Crippen LogP contribution in [0.2, 0.25) is 0 Å². The van der Waals surface area contributed by atoms with Gasteiger partial charge in [-0.25, -0.2) is 9.78 Å². The molecular weight excluding hydrogens is 295 g/mol. The maximum Gasteiger partial charge on any atom is 0.573 e. The second kappa shape index (κ2) is 5.49. The highest BCUT2D eigenvalue weighted by Crippen LogP contribution is 2.35. The summed E-state index contributed by atoms with van der Waals surface area (Å²) >= 11 is 1.03. The van der Waals surface area contributed by atoms with E-state index in [1.165, 1.54) is 30.7 Å². The zero-order chi connectivity index (χ0) is 14.8. The van der Waals surface area contributed by atoms with Crippen LogP contribution in [0.1, 0.15) is 10.5 Å². The fourth-order valence-electron chi connectivity index (χ4n) is 1.45. The highest BCUT2D eigenvalue weighted by Gasteiger charge is 2.32. The molecule has 1 aromatic carbocycles. The Balaban J connectivity index is 2.38. The molecule has 0 fully saturated rings. The van der Waals surface area contributed by atoms with E-state index in [2.05, 4.69) is 14.5 Å². The van der Waals surface area contributed by atoms with Crippen molar-refractivity contribution in [2.45, 2.75) is 6.36 Å². The van der Waals surface area contributed by atoms with Crippen molar-refractivity contribution in [2.24, 2.45) is 0 Å². The smallest absolute Gasteiger partial charge is 0.464 e. The lowest BCUT2D eigenvalue weighted by Crippen LogP contribution is -2.17. The normalized spacial score (nSPS) is 11.2. The van der Waals surface area contributed by atoms with Gasteiger partial charge in [0.05, 0.1) is 12.7 Å². The number of carbonyl (C=O) groups is 1. The molecule has 0 unspecified atom stereocenters. The van der Waals surface area contributed by atoms with E-state index in [-0.39, 0.29) is 22.0 Å². The van der Waals surface area contributed by atoms with Gasteiger partial charge in [0.15, 0.2) is 5.69 Å². The SMILES string of the molecule is COC(=O)c1csc(-c2ccccc2OC(F)(F)F)n1. The number of hydrogen-bond donors (Lipinski definition) is 0. The third-order valence-electron chi connectivity index (χ3n) is 2.24. The van der Waals surface area contributed by atoms with E-state index >= 15 is 0 Å². The summed E-state index contributed by atoms with van der Waals surface area (Å²) in [5.41, 5.74) is 0.194. The number of halogens is 3. The second-order valence-corrected chi connectivity index (χ2v) is 4.43. The summed E-state index contributed by atoms with van der Waals surface area (Å²) in [5.74, 6) is -1.02. The Kier molecular flexibility index (Phi) is 3.93. The van der Waals surface area contributed by atoms with Crippen LogP contribution in [0.15, 0.2) is 29.6 Å². The molecule has 0 bridgehead atoms. The van der Waals surface area contributed by atoms with Crippen LogP contribution in [0, 0.1) is 0 Å². The van der Waals surface area contributed by atoms with E-state index in [9.17, 15) is 18.0 Å². The fraction of sp³-hybridized carbons (Fsp3) is 0.167. The van der Waals surface area contributed by atoms with Gasteiger partial charge in [-0.1, -0.05) is 12.1 Å². The molecule has 1 aromatic heterocycles. The number of esters is 1. The lowest BCUT2D eigenvalue weighted by Gasteiger charge is -2.11. The van der Waals surface area contributed by atoms with Crippen LogP contribution in [-0.4, -0.2) is 24.4 Å². The number of para-hydroxylation sites is 1. The number of rotatable bonds is 3. The maximum absolute atomic E-state index is 12.3. The van der Waals surface area contributed by atoms with Gasteiger partial charge in [0.1, 0.15) is 10.8 Å². The van der Waals surface area contributed by atoms with E-state index in [1.807, 2.05) is 0 Å². The molecule has 8 heteroatoms. The van der Waals surface area contributed by atoms with E-state index in [1.54, 1.807) is 6.07 Å². The molecule has 2 rings (SSSR count). The van der Waals surface area contributed by atoms with Crippen LogP contribution in [0.3, 0.4) is 0 Å². The van der Waals surface area contributed by atoms with Gasteiger partial charge in [0.25, 0.3) is 0 Å². The number of hydrogen-bond acceptors (Lipinski definition) is 5. The van der Waals surface area contributed by atoms with Gasteiger partial charge in [-0.15, -0.1) is 24.5 Å². The number of aromatic nitrogens is 1. The highest BCUT2D eigenvalue weighted by atomic mass is 32.1. The summed E-state index contributed by atoms with van der Waals surface area (Å²) in [6, 6.07) is 5.58. The van der Waals surface area contributed by atoms with Crippen molar-refractivity contribution in [3.8, 4) is 16.3 Å². The van der Waals surface area contributed by atoms with Crippen LogP contribution in [0.5, 0.6) is 5.75 Å². The number of carbonyl (C=O) groups excluding carboxylic acids is 1. The van der Waals surface area contributed by atoms with Gasteiger partial charge in [0, 0.05) is 5.38 Å². The average Bonchev–Trinajstić information content (AvgIpc) is 2.86. The van der Waals surface area contributed by atoms with Gasteiger partial charge in [-0.3, -0.25) is 0 Å². The largest absolute Gasteiger partial charge is 0.573 e. The fourth-order valence-corrected chi connectivity index (χ4v) is 2.27. The van der Waals surface area contributed by atoms with Crippen LogP contribution in [0.4, 0.5) is 13.2 Å². The number of ether oxygens (including phenoxy) is 2. The third-order valence-corrected chi connectivity index (χ3v) is 3.12. The number of alkyl halides is 3. The van der Waals surface area contributed by atoms with Crippen molar-refractivity contribution in [1.82, 2.24) is 4.98 Å². The summed E-state index contributed by atoms with van der Waals surface area (Å²) in [6.07, 6.45) is -4.79. The van der Waals surface area contributed by atoms with Crippen molar-refractivity contribution < 1.29 is 27.4 Å². The topological polar surface area (TPSA) is 48.4 Å². The van der Waals surface area contributed by atoms with Crippen molar-refractivity contribution in [2.75, 3.05) is 7.11 Å². The Morgan fingerprint density at radius 3 is 2.65 bits per heavy atom. The molecule has 0 N–H and O–H groups in total. The molecule has 0 saturated heterocycles. The predicted molar refractivity (Wildman–Crippen MR) is 65.6 cm³/mol. The highest BCUT2D eigenvalue weighted by molar-refractivity contribution is 7.13. The zero-order valence-electron chi connectivity index (χ0n) is 10.1. The predicted octanol–water partition coefficient (Wildman–Crippen LogP) is 3.50. The number of methoxy groups -OCH3 is 1. The first-order valence-corrected chi connectivity index (χ1v) is 6.17. The average molecular weight is 303 g/mol. The molecular formula is C12H8F3NO3S. The van der Waals surface area contributed by atoms with Crippen LogP contribution < -0.4 is 4.74 Å². The third kappa shape index (κ3) is 3.27. The first-order chi connectivity index (χ1) is 9.40. The Labute approximate surface area is 115 Å². The van der Waals surface area contributed by atoms with Crippen LogP contribution in [-0.2, 0) is 4.74 Å². The molecule has 4 nitrogen and oxygen atoms in total. The molecule has 2 aromatic rings. The second-order valence-electron chi connectivity index (χ2n) is 3.57. The molecule has 0 amide bonds. The van der Waals surface area contributed by atoms with Gasteiger partial charge < -0.3 is 9.47 Å². The quantitative estimate of drug-likeness (QED) is 0.814. The van der Waals surface area contributed by atoms with Crippen molar-refractivity contribution >= 4 is 17.3 Å². The Bertz CT molecular complexity index is 624. The van der Waals surface area contributed by atoms with Crippen LogP contribution >= 0.6 is 11.3 Å². The first-order valence-electron chi connectivity index (χ1n) is 5.29. The molecule has 1 heterocycles. The lowest BCUT2D eigenvalue weighted by atomic mass is 10.2. The van der Waals surface area contributed by atoms with E-state index < -0.39 is 12.3 Å². The van der Waals surface area contributed by atoms with Crippen LogP contribution in [0.25, 0.3) is 10.6 Å². The van der Waals surface area contributed by atoms with Gasteiger partial charge in [-0.2, -0.15) is 0 Å². The molecule has 0 aliphatic rings. The molecule has 106 valence electrons. The molecule has 0 atom stereocenters. The minimum absolute atomic E-state index is 0.0364. The number of nitrogens with zero attached hydrogens (tertiary/aromatic N) is 1. The Morgan fingerprint density at radius 1 is 1.30 bits per heavy atom. The molecule has 0 aliphatic carbocycles. The number of thiazole rings is 1. The summed E-state index contributed by atoms with van der Waals surface area (Å²) < 4.78 is 45.4. The van der Waals surface area contributed by atoms with E-state index in [4.69, 9.17) is 0 Å². The summed E-state index contributed by atoms with van der Waals surface area (Å²) in [5, 5.41) is 1.65. The van der Waals surface area contributed by atoms with Gasteiger partial charge in [-0.05, 0) is 12.1 Å². The monoisotopic (exact) mass is 303 g/mol. The first kappa shape index (κ1) is 14.3. The molecule has 0 spiro atoms. The Hall–Kier alpha value is -2.09.